The van der Waals surface area contributed by atoms with Gasteiger partial charge in [0.1, 0.15) is 0 Å². The Balaban J connectivity index is 2.50. The SMILES string of the molecule is CC(C)(C)[Si](C)(C)OCC1=CCC[C@@H]1O. The van der Waals surface area contributed by atoms with Crippen molar-refractivity contribution in [3.05, 3.63) is 11.6 Å². The van der Waals surface area contributed by atoms with Gasteiger partial charge in [0, 0.05) is 0 Å². The van der Waals surface area contributed by atoms with Crippen molar-refractivity contribution < 1.29 is 9.53 Å². The lowest BCUT2D eigenvalue weighted by molar-refractivity contribution is 0.191. The van der Waals surface area contributed by atoms with Gasteiger partial charge in [-0.3, -0.25) is 0 Å². The highest BCUT2D eigenvalue weighted by Crippen LogP contribution is 2.37. The maximum Gasteiger partial charge on any atom is 0.192 e. The zero-order valence-corrected chi connectivity index (χ0v) is 11.6. The lowest BCUT2D eigenvalue weighted by Gasteiger charge is -2.36. The third-order valence-corrected chi connectivity index (χ3v) is 8.16. The van der Waals surface area contributed by atoms with Gasteiger partial charge in [-0.05, 0) is 36.5 Å². The summed E-state index contributed by atoms with van der Waals surface area (Å²) in [5, 5.41) is 9.90. The lowest BCUT2D eigenvalue weighted by Crippen LogP contribution is -2.41. The molecule has 0 radical (unpaired) electrons. The van der Waals surface area contributed by atoms with Gasteiger partial charge in [0.2, 0.25) is 0 Å². The molecule has 0 aromatic heterocycles. The average molecular weight is 228 g/mol. The minimum Gasteiger partial charge on any atom is -0.413 e. The van der Waals surface area contributed by atoms with Gasteiger partial charge in [-0.1, -0.05) is 26.8 Å². The maximum atomic E-state index is 9.66. The van der Waals surface area contributed by atoms with Crippen LogP contribution in [0.3, 0.4) is 0 Å². The van der Waals surface area contributed by atoms with Gasteiger partial charge < -0.3 is 9.53 Å². The molecule has 15 heavy (non-hydrogen) atoms. The monoisotopic (exact) mass is 228 g/mol. The Morgan fingerprint density at radius 3 is 2.47 bits per heavy atom. The molecule has 0 fully saturated rings. The summed E-state index contributed by atoms with van der Waals surface area (Å²) in [5.41, 5.74) is 1.08. The molecular formula is C12H24O2Si. The van der Waals surface area contributed by atoms with Gasteiger partial charge >= 0.3 is 0 Å². The van der Waals surface area contributed by atoms with Crippen molar-refractivity contribution >= 4 is 8.32 Å². The van der Waals surface area contributed by atoms with Crippen molar-refractivity contribution in [1.29, 1.82) is 0 Å². The van der Waals surface area contributed by atoms with Crippen LogP contribution >= 0.6 is 0 Å². The summed E-state index contributed by atoms with van der Waals surface area (Å²) in [7, 11) is -1.65. The molecule has 0 saturated carbocycles. The fraction of sp³-hybridized carbons (Fsp3) is 0.833. The molecule has 1 aliphatic carbocycles. The highest BCUT2D eigenvalue weighted by molar-refractivity contribution is 6.74. The van der Waals surface area contributed by atoms with E-state index in [1.54, 1.807) is 0 Å². The molecule has 0 amide bonds. The standard InChI is InChI=1S/C12H24O2Si/c1-12(2,3)15(4,5)14-9-10-7-6-8-11(10)13/h7,11,13H,6,8-9H2,1-5H3/t11-/m0/s1. The van der Waals surface area contributed by atoms with Gasteiger partial charge in [0.05, 0.1) is 12.7 Å². The second-order valence-corrected chi connectivity index (χ2v) is 10.7. The van der Waals surface area contributed by atoms with Crippen LogP contribution in [0.4, 0.5) is 0 Å². The van der Waals surface area contributed by atoms with Crippen LogP contribution in [0.5, 0.6) is 0 Å². The van der Waals surface area contributed by atoms with Crippen LogP contribution < -0.4 is 0 Å². The average Bonchev–Trinajstić information content (AvgIpc) is 2.46. The molecule has 2 nitrogen and oxygen atoms in total. The second-order valence-electron chi connectivity index (χ2n) is 5.92. The van der Waals surface area contributed by atoms with Crippen molar-refractivity contribution in [2.24, 2.45) is 0 Å². The molecule has 0 aromatic carbocycles. The van der Waals surface area contributed by atoms with Crippen LogP contribution in [0.1, 0.15) is 33.6 Å². The molecule has 3 heteroatoms. The van der Waals surface area contributed by atoms with Crippen LogP contribution in [0.25, 0.3) is 0 Å². The lowest BCUT2D eigenvalue weighted by atomic mass is 10.2. The first-order valence-corrected chi connectivity index (χ1v) is 8.66. The van der Waals surface area contributed by atoms with Gasteiger partial charge in [-0.2, -0.15) is 0 Å². The molecule has 0 bridgehead atoms. The number of hydrogen-bond donors (Lipinski definition) is 1. The van der Waals surface area contributed by atoms with Crippen LogP contribution in [-0.4, -0.2) is 26.1 Å². The van der Waals surface area contributed by atoms with Crippen molar-refractivity contribution in [2.75, 3.05) is 6.61 Å². The third-order valence-electron chi connectivity index (χ3n) is 3.68. The van der Waals surface area contributed by atoms with E-state index in [0.29, 0.717) is 6.61 Å². The summed E-state index contributed by atoms with van der Waals surface area (Å²) in [6.45, 7) is 11.8. The fourth-order valence-electron chi connectivity index (χ4n) is 1.38. The van der Waals surface area contributed by atoms with Crippen molar-refractivity contribution in [3.63, 3.8) is 0 Å². The normalized spacial score (nSPS) is 23.1. The topological polar surface area (TPSA) is 29.5 Å². The Bertz CT molecular complexity index is 251. The zero-order valence-electron chi connectivity index (χ0n) is 10.6. The van der Waals surface area contributed by atoms with E-state index < -0.39 is 8.32 Å². The molecule has 1 N–H and O–H groups in total. The largest absolute Gasteiger partial charge is 0.413 e. The molecule has 0 unspecified atom stereocenters. The molecular weight excluding hydrogens is 204 g/mol. The molecule has 1 atom stereocenters. The van der Waals surface area contributed by atoms with Gasteiger partial charge in [-0.25, -0.2) is 0 Å². The Morgan fingerprint density at radius 2 is 2.07 bits per heavy atom. The first-order chi connectivity index (χ1) is 6.74. The minimum absolute atomic E-state index is 0.247. The predicted molar refractivity (Wildman–Crippen MR) is 66.5 cm³/mol. The zero-order chi connectivity index (χ0) is 11.7. The first kappa shape index (κ1) is 12.9. The van der Waals surface area contributed by atoms with Crippen molar-refractivity contribution in [1.82, 2.24) is 0 Å². The Labute approximate surface area is 94.5 Å². The molecule has 1 rings (SSSR count). The van der Waals surface area contributed by atoms with Gasteiger partial charge in [-0.15, -0.1) is 0 Å². The van der Waals surface area contributed by atoms with Gasteiger partial charge in [0.15, 0.2) is 8.32 Å². The molecule has 1 aliphatic rings. The van der Waals surface area contributed by atoms with Crippen LogP contribution in [-0.2, 0) is 4.43 Å². The molecule has 88 valence electrons. The van der Waals surface area contributed by atoms with E-state index in [-0.39, 0.29) is 11.1 Å². The van der Waals surface area contributed by atoms with E-state index >= 15 is 0 Å². The quantitative estimate of drug-likeness (QED) is 0.594. The number of hydrogen-bond acceptors (Lipinski definition) is 2. The fourth-order valence-corrected chi connectivity index (χ4v) is 2.34. The Morgan fingerprint density at radius 1 is 1.47 bits per heavy atom. The summed E-state index contributed by atoms with van der Waals surface area (Å²) in [6.07, 6.45) is 3.74. The Kier molecular flexibility index (Phi) is 3.79. The number of aliphatic hydroxyl groups is 1. The van der Waals surface area contributed by atoms with E-state index in [1.807, 2.05) is 0 Å². The molecule has 0 aromatic rings. The van der Waals surface area contributed by atoms with Crippen molar-refractivity contribution in [2.45, 2.75) is 57.8 Å². The summed E-state index contributed by atoms with van der Waals surface area (Å²) in [5.74, 6) is 0. The summed E-state index contributed by atoms with van der Waals surface area (Å²) >= 11 is 0. The minimum atomic E-state index is -1.65. The smallest absolute Gasteiger partial charge is 0.192 e. The molecule has 0 aliphatic heterocycles. The summed E-state index contributed by atoms with van der Waals surface area (Å²) < 4.78 is 6.06. The molecule has 0 saturated heterocycles. The summed E-state index contributed by atoms with van der Waals surface area (Å²) in [6, 6.07) is 0. The van der Waals surface area contributed by atoms with Gasteiger partial charge in [0.25, 0.3) is 0 Å². The van der Waals surface area contributed by atoms with Crippen LogP contribution in [0.2, 0.25) is 18.1 Å². The summed E-state index contributed by atoms with van der Waals surface area (Å²) in [4.78, 5) is 0. The van der Waals surface area contributed by atoms with Crippen molar-refractivity contribution in [3.8, 4) is 0 Å². The Hall–Kier alpha value is -0.123. The maximum absolute atomic E-state index is 9.66. The number of aliphatic hydroxyl groups excluding tert-OH is 1. The van der Waals surface area contributed by atoms with E-state index in [1.165, 1.54) is 0 Å². The number of rotatable bonds is 3. The third kappa shape index (κ3) is 3.16. The van der Waals surface area contributed by atoms with Crippen LogP contribution in [0.15, 0.2) is 11.6 Å². The van der Waals surface area contributed by atoms with E-state index in [4.69, 9.17) is 4.43 Å². The highest BCUT2D eigenvalue weighted by atomic mass is 28.4. The highest BCUT2D eigenvalue weighted by Gasteiger charge is 2.37. The molecule has 0 spiro atoms. The van der Waals surface area contributed by atoms with E-state index in [9.17, 15) is 5.11 Å². The second kappa shape index (κ2) is 4.40. The van der Waals surface area contributed by atoms with E-state index in [0.717, 1.165) is 18.4 Å². The number of allylic oxidation sites excluding steroid dienone is 1. The molecule has 0 heterocycles. The predicted octanol–water partition coefficient (Wildman–Crippen LogP) is 3.09. The first-order valence-electron chi connectivity index (χ1n) is 5.75. The van der Waals surface area contributed by atoms with E-state index in [2.05, 4.69) is 39.9 Å². The van der Waals surface area contributed by atoms with Crippen LogP contribution in [0, 0.1) is 0 Å².